The van der Waals surface area contributed by atoms with Crippen molar-refractivity contribution < 1.29 is 9.90 Å². The lowest BCUT2D eigenvalue weighted by atomic mass is 10.2. The first-order valence-corrected chi connectivity index (χ1v) is 5.22. The van der Waals surface area contributed by atoms with Crippen LogP contribution in [0, 0.1) is 3.57 Å². The lowest BCUT2D eigenvalue weighted by Gasteiger charge is -2.04. The van der Waals surface area contributed by atoms with Crippen LogP contribution < -0.4 is 0 Å². The van der Waals surface area contributed by atoms with Crippen molar-refractivity contribution in [2.75, 3.05) is 0 Å². The highest BCUT2D eigenvalue weighted by Crippen LogP contribution is 2.36. The molecule has 0 aliphatic heterocycles. The normalized spacial score (nSPS) is 10.2. The Morgan fingerprint density at radius 2 is 1.77 bits per heavy atom. The van der Waals surface area contributed by atoms with E-state index >= 15 is 0 Å². The smallest absolute Gasteiger partial charge is 0.337 e. The fourth-order valence-corrected chi connectivity index (χ4v) is 2.10. The van der Waals surface area contributed by atoms with E-state index in [-0.39, 0.29) is 20.6 Å². The maximum Gasteiger partial charge on any atom is 0.337 e. The lowest BCUT2D eigenvalue weighted by molar-refractivity contribution is 0.0697. The van der Waals surface area contributed by atoms with Gasteiger partial charge in [0.15, 0.2) is 0 Å². The van der Waals surface area contributed by atoms with Gasteiger partial charge in [-0.2, -0.15) is 0 Å². The van der Waals surface area contributed by atoms with E-state index in [1.165, 1.54) is 6.07 Å². The van der Waals surface area contributed by atoms with E-state index in [2.05, 4.69) is 0 Å². The molecule has 70 valence electrons. The second-order valence-electron chi connectivity index (χ2n) is 2.15. The second-order valence-corrected chi connectivity index (χ2v) is 4.45. The van der Waals surface area contributed by atoms with Crippen molar-refractivity contribution in [2.24, 2.45) is 0 Å². The zero-order valence-electron chi connectivity index (χ0n) is 5.94. The first-order valence-electron chi connectivity index (χ1n) is 3.01. The Hall–Kier alpha value is 0.290. The van der Waals surface area contributed by atoms with E-state index in [4.69, 9.17) is 39.9 Å². The molecule has 2 nitrogen and oxygen atoms in total. The fourth-order valence-electron chi connectivity index (χ4n) is 0.728. The van der Waals surface area contributed by atoms with Gasteiger partial charge in [-0.15, -0.1) is 0 Å². The van der Waals surface area contributed by atoms with Gasteiger partial charge in [-0.1, -0.05) is 34.8 Å². The van der Waals surface area contributed by atoms with Crippen molar-refractivity contribution >= 4 is 63.4 Å². The maximum atomic E-state index is 10.6. The van der Waals surface area contributed by atoms with Crippen LogP contribution in [-0.2, 0) is 0 Å². The van der Waals surface area contributed by atoms with Gasteiger partial charge in [0.05, 0.1) is 20.6 Å². The van der Waals surface area contributed by atoms with Crippen molar-refractivity contribution in [3.8, 4) is 0 Å². The van der Waals surface area contributed by atoms with E-state index in [1.807, 2.05) is 22.6 Å². The molecule has 0 aliphatic carbocycles. The van der Waals surface area contributed by atoms with Gasteiger partial charge >= 0.3 is 5.97 Å². The Morgan fingerprint density at radius 3 is 2.23 bits per heavy atom. The second kappa shape index (κ2) is 4.21. The van der Waals surface area contributed by atoms with Crippen LogP contribution in [-0.4, -0.2) is 11.1 Å². The lowest BCUT2D eigenvalue weighted by Crippen LogP contribution is -1.99. The Kier molecular flexibility index (Phi) is 3.68. The van der Waals surface area contributed by atoms with E-state index in [0.717, 1.165) is 0 Å². The Bertz CT molecular complexity index is 378. The van der Waals surface area contributed by atoms with Gasteiger partial charge in [-0.3, -0.25) is 0 Å². The summed E-state index contributed by atoms with van der Waals surface area (Å²) >= 11 is 19.0. The quantitative estimate of drug-likeness (QED) is 0.473. The zero-order chi connectivity index (χ0) is 10.2. The molecule has 13 heavy (non-hydrogen) atoms. The molecule has 0 fully saturated rings. The van der Waals surface area contributed by atoms with Crippen molar-refractivity contribution in [3.63, 3.8) is 0 Å². The molecule has 1 rings (SSSR count). The number of aromatic carboxylic acids is 1. The minimum atomic E-state index is -1.12. The predicted molar refractivity (Wildman–Crippen MR) is 61.1 cm³/mol. The third-order valence-corrected chi connectivity index (χ3v) is 3.86. The summed E-state index contributed by atoms with van der Waals surface area (Å²) < 4.78 is 0.561. The van der Waals surface area contributed by atoms with E-state index < -0.39 is 5.97 Å². The molecule has 6 heteroatoms. The molecule has 0 unspecified atom stereocenters. The Labute approximate surface area is 103 Å². The average Bonchev–Trinajstić information content (AvgIpc) is 2.07. The molecule has 0 aliphatic rings. The van der Waals surface area contributed by atoms with Crippen molar-refractivity contribution in [1.82, 2.24) is 0 Å². The molecule has 0 radical (unpaired) electrons. The predicted octanol–water partition coefficient (Wildman–Crippen LogP) is 3.95. The molecule has 0 bridgehead atoms. The van der Waals surface area contributed by atoms with E-state index in [0.29, 0.717) is 3.57 Å². The van der Waals surface area contributed by atoms with E-state index in [9.17, 15) is 4.79 Å². The highest BCUT2D eigenvalue weighted by Gasteiger charge is 2.16. The average molecular weight is 351 g/mol. The third-order valence-electron chi connectivity index (χ3n) is 1.33. The van der Waals surface area contributed by atoms with Crippen LogP contribution in [0.4, 0.5) is 0 Å². The number of carboxylic acids is 1. The summed E-state index contributed by atoms with van der Waals surface area (Å²) in [6.07, 6.45) is 0. The van der Waals surface area contributed by atoms with Crippen LogP contribution in [0.1, 0.15) is 10.4 Å². The van der Waals surface area contributed by atoms with Gasteiger partial charge in [0.25, 0.3) is 0 Å². The molecule has 0 saturated carbocycles. The number of carbonyl (C=O) groups is 1. The molecule has 1 aromatic carbocycles. The molecule has 1 N–H and O–H groups in total. The minimum absolute atomic E-state index is 0.0282. The molecule has 1 aromatic rings. The Morgan fingerprint density at radius 1 is 1.23 bits per heavy atom. The van der Waals surface area contributed by atoms with Gasteiger partial charge in [0, 0.05) is 3.57 Å². The standard InChI is InChI=1S/C7H2Cl3IO2/c8-4-2(7(12)13)1-3(11)5(9)6(4)10/h1H,(H,12,13). The largest absolute Gasteiger partial charge is 0.478 e. The summed E-state index contributed by atoms with van der Waals surface area (Å²) in [5, 5.41) is 9.04. The van der Waals surface area contributed by atoms with Gasteiger partial charge < -0.3 is 5.11 Å². The number of hydrogen-bond donors (Lipinski definition) is 1. The van der Waals surface area contributed by atoms with Gasteiger partial charge in [0.2, 0.25) is 0 Å². The van der Waals surface area contributed by atoms with Crippen molar-refractivity contribution in [3.05, 3.63) is 30.3 Å². The molecular formula is C7H2Cl3IO2. The molecule has 0 atom stereocenters. The van der Waals surface area contributed by atoms with Crippen LogP contribution in [0.3, 0.4) is 0 Å². The summed E-state index contributed by atoms with van der Waals surface area (Å²) in [6.45, 7) is 0. The summed E-state index contributed by atoms with van der Waals surface area (Å²) in [7, 11) is 0. The van der Waals surface area contributed by atoms with E-state index in [1.54, 1.807) is 0 Å². The van der Waals surface area contributed by atoms with Crippen molar-refractivity contribution in [1.29, 1.82) is 0 Å². The van der Waals surface area contributed by atoms with Crippen LogP contribution in [0.25, 0.3) is 0 Å². The minimum Gasteiger partial charge on any atom is -0.478 e. The number of carboxylic acid groups (broad SMARTS) is 1. The number of rotatable bonds is 1. The highest BCUT2D eigenvalue weighted by atomic mass is 127. The summed E-state index contributed by atoms with van der Waals surface area (Å²) in [5.74, 6) is -1.12. The van der Waals surface area contributed by atoms with Gasteiger partial charge in [-0.05, 0) is 28.7 Å². The van der Waals surface area contributed by atoms with Crippen LogP contribution in [0.5, 0.6) is 0 Å². The van der Waals surface area contributed by atoms with Crippen LogP contribution in [0.15, 0.2) is 6.07 Å². The van der Waals surface area contributed by atoms with Gasteiger partial charge in [0.1, 0.15) is 0 Å². The maximum absolute atomic E-state index is 10.6. The first kappa shape index (κ1) is 11.4. The van der Waals surface area contributed by atoms with Crippen LogP contribution in [0.2, 0.25) is 15.1 Å². The molecular weight excluding hydrogens is 349 g/mol. The number of benzene rings is 1. The third kappa shape index (κ3) is 2.21. The summed E-state index contributed by atoms with van der Waals surface area (Å²) in [4.78, 5) is 10.6. The highest BCUT2D eigenvalue weighted by molar-refractivity contribution is 14.1. The number of halogens is 4. The Balaban J connectivity index is 3.50. The molecule has 0 saturated heterocycles. The first-order chi connectivity index (χ1) is 5.95. The van der Waals surface area contributed by atoms with Crippen molar-refractivity contribution in [2.45, 2.75) is 0 Å². The molecule has 0 aromatic heterocycles. The summed E-state index contributed by atoms with van der Waals surface area (Å²) in [6, 6.07) is 1.37. The zero-order valence-corrected chi connectivity index (χ0v) is 10.4. The number of hydrogen-bond acceptors (Lipinski definition) is 1. The van der Waals surface area contributed by atoms with Gasteiger partial charge in [-0.25, -0.2) is 4.79 Å². The fraction of sp³-hybridized carbons (Fsp3) is 0. The van der Waals surface area contributed by atoms with Crippen LogP contribution >= 0.6 is 57.4 Å². The SMILES string of the molecule is O=C(O)c1cc(I)c(Cl)c(Cl)c1Cl. The monoisotopic (exact) mass is 350 g/mol. The molecule has 0 spiro atoms. The topological polar surface area (TPSA) is 37.3 Å². The molecule has 0 heterocycles. The molecule has 0 amide bonds. The summed E-state index contributed by atoms with van der Waals surface area (Å²) in [5.41, 5.74) is -0.0412.